The minimum Gasteiger partial charge on any atom is -0.478 e. The van der Waals surface area contributed by atoms with Gasteiger partial charge in [0.05, 0.1) is 16.3 Å². The van der Waals surface area contributed by atoms with Crippen molar-refractivity contribution in [3.8, 4) is 0 Å². The summed E-state index contributed by atoms with van der Waals surface area (Å²) >= 11 is 3.32. The molecule has 1 aromatic heterocycles. The van der Waals surface area contributed by atoms with Gasteiger partial charge in [0.2, 0.25) is 0 Å². The molecule has 0 aliphatic heterocycles. The highest BCUT2D eigenvalue weighted by Gasteiger charge is 2.05. The molecule has 0 fully saturated rings. The third kappa shape index (κ3) is 4.08. The quantitative estimate of drug-likeness (QED) is 0.815. The summed E-state index contributed by atoms with van der Waals surface area (Å²) in [7, 11) is 0. The fourth-order valence-corrected chi connectivity index (χ4v) is 3.47. The summed E-state index contributed by atoms with van der Waals surface area (Å²) in [5.41, 5.74) is 1.40. The van der Waals surface area contributed by atoms with Crippen LogP contribution in [-0.2, 0) is 12.2 Å². The summed E-state index contributed by atoms with van der Waals surface area (Å²) in [4.78, 5) is 16.4. The Balaban J connectivity index is 1.97. The Hall–Kier alpha value is -1.33. The number of hydrogen-bond acceptors (Lipinski definition) is 4. The number of rotatable bonds is 6. The van der Waals surface area contributed by atoms with Gasteiger partial charge in [0.25, 0.3) is 0 Å². The van der Waals surface area contributed by atoms with Gasteiger partial charge in [-0.2, -0.15) is 0 Å². The number of carbonyl (C=O) groups is 1. The van der Waals surface area contributed by atoms with Crippen LogP contribution in [0.1, 0.15) is 34.4 Å². The highest BCUT2D eigenvalue weighted by Crippen LogP contribution is 2.24. The number of hydrogen-bond donors (Lipinski definition) is 1. The van der Waals surface area contributed by atoms with E-state index in [1.54, 1.807) is 41.3 Å². The molecule has 5 heteroatoms. The molecule has 2 rings (SSSR count). The Morgan fingerprint density at radius 3 is 3.05 bits per heavy atom. The molecule has 0 radical (unpaired) electrons. The fraction of sp³-hybridized carbons (Fsp3) is 0.286. The third-order valence-corrected chi connectivity index (χ3v) is 4.52. The Morgan fingerprint density at radius 2 is 2.32 bits per heavy atom. The van der Waals surface area contributed by atoms with Gasteiger partial charge in [-0.1, -0.05) is 13.0 Å². The molecule has 0 unspecified atom stereocenters. The molecule has 2 aromatic rings. The van der Waals surface area contributed by atoms with E-state index in [0.29, 0.717) is 5.56 Å². The molecule has 19 heavy (non-hydrogen) atoms. The van der Waals surface area contributed by atoms with Crippen LogP contribution in [-0.4, -0.2) is 16.1 Å². The van der Waals surface area contributed by atoms with Crippen LogP contribution >= 0.6 is 23.1 Å². The molecule has 0 spiro atoms. The number of thioether (sulfide) groups is 1. The van der Waals surface area contributed by atoms with Crippen molar-refractivity contribution in [2.75, 3.05) is 0 Å². The van der Waals surface area contributed by atoms with Crippen LogP contribution in [0.4, 0.5) is 0 Å². The highest BCUT2D eigenvalue weighted by molar-refractivity contribution is 7.98. The van der Waals surface area contributed by atoms with E-state index in [4.69, 9.17) is 5.11 Å². The Morgan fingerprint density at radius 1 is 1.47 bits per heavy atom. The standard InChI is InChI=1S/C14H15NO2S2/c1-2-4-13-15-11(9-19-13)8-18-12-6-3-5-10(7-12)14(16)17/h3,5-7,9H,2,4,8H2,1H3,(H,16,17). The predicted octanol–water partition coefficient (Wildman–Crippen LogP) is 4.09. The number of nitrogens with zero attached hydrogens (tertiary/aromatic N) is 1. The van der Waals surface area contributed by atoms with Crippen molar-refractivity contribution in [2.24, 2.45) is 0 Å². The minimum atomic E-state index is -0.888. The Labute approximate surface area is 120 Å². The predicted molar refractivity (Wildman–Crippen MR) is 79.1 cm³/mol. The summed E-state index contributed by atoms with van der Waals surface area (Å²) in [6, 6.07) is 7.01. The van der Waals surface area contributed by atoms with Gasteiger partial charge in [-0.15, -0.1) is 23.1 Å². The van der Waals surface area contributed by atoms with E-state index in [9.17, 15) is 4.79 Å². The number of carboxylic acids is 1. The molecule has 3 nitrogen and oxygen atoms in total. The van der Waals surface area contributed by atoms with E-state index < -0.39 is 5.97 Å². The topological polar surface area (TPSA) is 50.2 Å². The van der Waals surface area contributed by atoms with Crippen molar-refractivity contribution in [2.45, 2.75) is 30.4 Å². The number of carboxylic acid groups (broad SMARTS) is 1. The van der Waals surface area contributed by atoms with Crippen LogP contribution in [0.5, 0.6) is 0 Å². The third-order valence-electron chi connectivity index (χ3n) is 2.53. The average Bonchev–Trinajstić information content (AvgIpc) is 2.85. The lowest BCUT2D eigenvalue weighted by atomic mass is 10.2. The summed E-state index contributed by atoms with van der Waals surface area (Å²) in [6.45, 7) is 2.15. The van der Waals surface area contributed by atoms with Crippen molar-refractivity contribution in [1.82, 2.24) is 4.98 Å². The van der Waals surface area contributed by atoms with E-state index in [-0.39, 0.29) is 0 Å². The molecule has 0 aliphatic rings. The van der Waals surface area contributed by atoms with Crippen LogP contribution in [0.2, 0.25) is 0 Å². The van der Waals surface area contributed by atoms with Crippen LogP contribution in [0, 0.1) is 0 Å². The van der Waals surface area contributed by atoms with Crippen molar-refractivity contribution >= 4 is 29.1 Å². The molecule has 0 atom stereocenters. The highest BCUT2D eigenvalue weighted by atomic mass is 32.2. The molecule has 0 aliphatic carbocycles. The van der Waals surface area contributed by atoms with Crippen LogP contribution in [0.3, 0.4) is 0 Å². The van der Waals surface area contributed by atoms with Gasteiger partial charge < -0.3 is 5.11 Å². The zero-order valence-corrected chi connectivity index (χ0v) is 12.3. The van der Waals surface area contributed by atoms with E-state index in [1.165, 1.54) is 5.01 Å². The second-order valence-electron chi connectivity index (χ2n) is 4.10. The lowest BCUT2D eigenvalue weighted by Crippen LogP contribution is -1.95. The van der Waals surface area contributed by atoms with Gasteiger partial charge in [-0.05, 0) is 31.0 Å². The molecule has 0 amide bonds. The molecule has 0 saturated heterocycles. The summed E-state index contributed by atoms with van der Waals surface area (Å²) in [5, 5.41) is 12.2. The molecular formula is C14H15NO2S2. The Bertz CT molecular complexity index is 566. The lowest BCUT2D eigenvalue weighted by molar-refractivity contribution is 0.0696. The van der Waals surface area contributed by atoms with Crippen molar-refractivity contribution in [3.05, 3.63) is 45.9 Å². The first-order chi connectivity index (χ1) is 9.19. The first kappa shape index (κ1) is 14.1. The maximum absolute atomic E-state index is 10.9. The molecule has 0 bridgehead atoms. The lowest BCUT2D eigenvalue weighted by Gasteiger charge is -2.01. The number of aromatic carboxylic acids is 1. The van der Waals surface area contributed by atoms with Gasteiger partial charge in [-0.25, -0.2) is 9.78 Å². The summed E-state index contributed by atoms with van der Waals surface area (Å²) in [6.07, 6.45) is 2.14. The van der Waals surface area contributed by atoms with Gasteiger partial charge in [0, 0.05) is 16.0 Å². The average molecular weight is 293 g/mol. The zero-order valence-electron chi connectivity index (χ0n) is 10.6. The summed E-state index contributed by atoms with van der Waals surface area (Å²) in [5.74, 6) is -0.107. The first-order valence-corrected chi connectivity index (χ1v) is 7.95. The molecule has 1 N–H and O–H groups in total. The molecule has 1 aromatic carbocycles. The van der Waals surface area contributed by atoms with E-state index >= 15 is 0 Å². The fourth-order valence-electron chi connectivity index (χ4n) is 1.62. The minimum absolute atomic E-state index is 0.329. The van der Waals surface area contributed by atoms with Crippen LogP contribution in [0.15, 0.2) is 34.5 Å². The molecule has 100 valence electrons. The summed E-state index contributed by atoms with van der Waals surface area (Å²) < 4.78 is 0. The van der Waals surface area contributed by atoms with Gasteiger partial charge in [-0.3, -0.25) is 0 Å². The number of benzene rings is 1. The number of thiazole rings is 1. The maximum Gasteiger partial charge on any atom is 0.335 e. The number of aryl methyl sites for hydroxylation is 1. The normalized spacial score (nSPS) is 10.6. The smallest absolute Gasteiger partial charge is 0.335 e. The van der Waals surface area contributed by atoms with E-state index in [0.717, 1.165) is 29.2 Å². The van der Waals surface area contributed by atoms with Gasteiger partial charge in [0.15, 0.2) is 0 Å². The van der Waals surface area contributed by atoms with Crippen molar-refractivity contribution in [1.29, 1.82) is 0 Å². The second-order valence-corrected chi connectivity index (χ2v) is 6.10. The zero-order chi connectivity index (χ0) is 13.7. The van der Waals surface area contributed by atoms with Crippen molar-refractivity contribution < 1.29 is 9.90 Å². The van der Waals surface area contributed by atoms with Crippen molar-refractivity contribution in [3.63, 3.8) is 0 Å². The molecular weight excluding hydrogens is 278 g/mol. The SMILES string of the molecule is CCCc1nc(CSc2cccc(C(=O)O)c2)cs1. The van der Waals surface area contributed by atoms with Crippen LogP contribution in [0.25, 0.3) is 0 Å². The maximum atomic E-state index is 10.9. The van der Waals surface area contributed by atoms with E-state index in [1.807, 2.05) is 6.07 Å². The van der Waals surface area contributed by atoms with Crippen LogP contribution < -0.4 is 0 Å². The van der Waals surface area contributed by atoms with Gasteiger partial charge >= 0.3 is 5.97 Å². The largest absolute Gasteiger partial charge is 0.478 e. The monoisotopic (exact) mass is 293 g/mol. The molecule has 0 saturated carbocycles. The van der Waals surface area contributed by atoms with Gasteiger partial charge in [0.1, 0.15) is 0 Å². The van der Waals surface area contributed by atoms with E-state index in [2.05, 4.69) is 17.3 Å². The second kappa shape index (κ2) is 6.73. The number of aromatic nitrogens is 1. The molecule has 1 heterocycles. The first-order valence-electron chi connectivity index (χ1n) is 6.08. The Kier molecular flexibility index (Phi) is 4.99.